The molecule has 18 heavy (non-hydrogen) atoms. The van der Waals surface area contributed by atoms with E-state index in [1.807, 2.05) is 0 Å². The maximum absolute atomic E-state index is 3.71. The maximum atomic E-state index is 3.71. The second kappa shape index (κ2) is 6.38. The summed E-state index contributed by atoms with van der Waals surface area (Å²) in [7, 11) is 0. The molecule has 1 aliphatic heterocycles. The summed E-state index contributed by atoms with van der Waals surface area (Å²) in [6.45, 7) is 11.0. The smallest absolute Gasteiger partial charge is 0.0219 e. The Balaban J connectivity index is 1.95. The van der Waals surface area contributed by atoms with Gasteiger partial charge in [-0.15, -0.1) is 0 Å². The fraction of sp³-hybridized carbons (Fsp3) is 1.00. The van der Waals surface area contributed by atoms with E-state index in [9.17, 15) is 0 Å². The molecule has 0 radical (unpaired) electrons. The second-order valence-corrected chi connectivity index (χ2v) is 6.88. The molecule has 2 unspecified atom stereocenters. The van der Waals surface area contributed by atoms with Crippen LogP contribution in [0.1, 0.15) is 65.7 Å². The van der Waals surface area contributed by atoms with Gasteiger partial charge >= 0.3 is 0 Å². The van der Waals surface area contributed by atoms with Crippen molar-refractivity contribution in [3.8, 4) is 0 Å². The van der Waals surface area contributed by atoms with Crippen LogP contribution in [0.15, 0.2) is 0 Å². The summed E-state index contributed by atoms with van der Waals surface area (Å²) in [5.41, 5.74) is 0.599. The first kappa shape index (κ1) is 14.3. The van der Waals surface area contributed by atoms with Crippen molar-refractivity contribution in [1.82, 2.24) is 10.2 Å². The summed E-state index contributed by atoms with van der Waals surface area (Å²) in [6, 6.07) is 1.49. The Bertz CT molecular complexity index is 245. The van der Waals surface area contributed by atoms with E-state index in [1.54, 1.807) is 0 Å². The van der Waals surface area contributed by atoms with Crippen molar-refractivity contribution < 1.29 is 0 Å². The molecule has 0 bridgehead atoms. The lowest BCUT2D eigenvalue weighted by molar-refractivity contribution is 0.0556. The molecule has 106 valence electrons. The Morgan fingerprint density at radius 1 is 1.11 bits per heavy atom. The number of hydrogen-bond donors (Lipinski definition) is 1. The van der Waals surface area contributed by atoms with Crippen molar-refractivity contribution in [3.63, 3.8) is 0 Å². The molecule has 1 heterocycles. The topological polar surface area (TPSA) is 15.3 Å². The van der Waals surface area contributed by atoms with Gasteiger partial charge < -0.3 is 5.32 Å². The molecule has 0 spiro atoms. The van der Waals surface area contributed by atoms with Gasteiger partial charge in [-0.25, -0.2) is 0 Å². The molecule has 1 saturated heterocycles. The molecular formula is C16H32N2. The Hall–Kier alpha value is -0.0800. The summed E-state index contributed by atoms with van der Waals surface area (Å²) in [5.74, 6) is 0. The molecule has 1 aliphatic carbocycles. The standard InChI is InChI=1S/C16H32N2/c1-4-14-12-18(15(5-2)11-17-14)13-16(3)9-7-6-8-10-16/h14-15,17H,4-13H2,1-3H3. The van der Waals surface area contributed by atoms with E-state index in [1.165, 1.54) is 64.6 Å². The van der Waals surface area contributed by atoms with Crippen LogP contribution in [0.3, 0.4) is 0 Å². The quantitative estimate of drug-likeness (QED) is 0.825. The maximum Gasteiger partial charge on any atom is 0.0219 e. The molecule has 0 amide bonds. The highest BCUT2D eigenvalue weighted by molar-refractivity contribution is 4.90. The minimum atomic E-state index is 0.599. The SMILES string of the molecule is CCC1CN(CC2(C)CCCCC2)C(CC)CN1. The largest absolute Gasteiger partial charge is 0.311 e. The fourth-order valence-electron chi connectivity index (χ4n) is 3.85. The zero-order valence-corrected chi connectivity index (χ0v) is 12.7. The molecule has 2 nitrogen and oxygen atoms in total. The van der Waals surface area contributed by atoms with E-state index in [2.05, 4.69) is 31.0 Å². The van der Waals surface area contributed by atoms with Crippen LogP contribution < -0.4 is 5.32 Å². The van der Waals surface area contributed by atoms with Gasteiger partial charge in [-0.2, -0.15) is 0 Å². The minimum Gasteiger partial charge on any atom is -0.311 e. The van der Waals surface area contributed by atoms with E-state index >= 15 is 0 Å². The lowest BCUT2D eigenvalue weighted by Gasteiger charge is -2.45. The number of nitrogens with one attached hydrogen (secondary N) is 1. The highest BCUT2D eigenvalue weighted by atomic mass is 15.2. The summed E-state index contributed by atoms with van der Waals surface area (Å²) in [4.78, 5) is 2.80. The van der Waals surface area contributed by atoms with E-state index in [4.69, 9.17) is 0 Å². The Labute approximate surface area is 114 Å². The van der Waals surface area contributed by atoms with Gasteiger partial charge in [0, 0.05) is 31.7 Å². The molecule has 0 aromatic heterocycles. The summed E-state index contributed by atoms with van der Waals surface area (Å²) >= 11 is 0. The van der Waals surface area contributed by atoms with Gasteiger partial charge in [-0.1, -0.05) is 40.0 Å². The Morgan fingerprint density at radius 2 is 1.83 bits per heavy atom. The minimum absolute atomic E-state index is 0.599. The predicted octanol–water partition coefficient (Wildman–Crippen LogP) is 3.42. The van der Waals surface area contributed by atoms with Gasteiger partial charge in [0.05, 0.1) is 0 Å². The highest BCUT2D eigenvalue weighted by Crippen LogP contribution is 2.37. The monoisotopic (exact) mass is 252 g/mol. The number of hydrogen-bond acceptors (Lipinski definition) is 2. The zero-order chi connectivity index (χ0) is 13.0. The molecule has 0 aromatic rings. The van der Waals surface area contributed by atoms with E-state index < -0.39 is 0 Å². The molecule has 2 heteroatoms. The Morgan fingerprint density at radius 3 is 2.44 bits per heavy atom. The fourth-order valence-corrected chi connectivity index (χ4v) is 3.85. The first-order chi connectivity index (χ1) is 8.67. The lowest BCUT2D eigenvalue weighted by Crippen LogP contribution is -2.58. The summed E-state index contributed by atoms with van der Waals surface area (Å²) in [6.07, 6.45) is 9.83. The van der Waals surface area contributed by atoms with Gasteiger partial charge in [0.15, 0.2) is 0 Å². The van der Waals surface area contributed by atoms with Gasteiger partial charge in [0.1, 0.15) is 0 Å². The van der Waals surface area contributed by atoms with Crippen LogP contribution in [-0.2, 0) is 0 Å². The average Bonchev–Trinajstić information content (AvgIpc) is 2.39. The molecule has 2 rings (SSSR count). The number of rotatable bonds is 4. The molecular weight excluding hydrogens is 220 g/mol. The van der Waals surface area contributed by atoms with Gasteiger partial charge in [-0.3, -0.25) is 4.90 Å². The van der Waals surface area contributed by atoms with Crippen LogP contribution in [0.5, 0.6) is 0 Å². The van der Waals surface area contributed by atoms with E-state index in [0.29, 0.717) is 5.41 Å². The third kappa shape index (κ3) is 3.48. The van der Waals surface area contributed by atoms with Gasteiger partial charge in [0.25, 0.3) is 0 Å². The predicted molar refractivity (Wildman–Crippen MR) is 78.9 cm³/mol. The third-order valence-electron chi connectivity index (χ3n) is 5.22. The molecule has 2 fully saturated rings. The zero-order valence-electron chi connectivity index (χ0n) is 12.7. The molecule has 2 atom stereocenters. The van der Waals surface area contributed by atoms with Crippen molar-refractivity contribution in [2.75, 3.05) is 19.6 Å². The van der Waals surface area contributed by atoms with E-state index in [0.717, 1.165) is 12.1 Å². The first-order valence-corrected chi connectivity index (χ1v) is 8.14. The van der Waals surface area contributed by atoms with Crippen molar-refractivity contribution >= 4 is 0 Å². The van der Waals surface area contributed by atoms with Crippen LogP contribution in [-0.4, -0.2) is 36.6 Å². The first-order valence-electron chi connectivity index (χ1n) is 8.14. The molecule has 1 N–H and O–H groups in total. The lowest BCUT2D eigenvalue weighted by atomic mass is 9.75. The number of piperazine rings is 1. The molecule has 2 aliphatic rings. The summed E-state index contributed by atoms with van der Waals surface area (Å²) < 4.78 is 0. The van der Waals surface area contributed by atoms with Crippen LogP contribution in [0.25, 0.3) is 0 Å². The average molecular weight is 252 g/mol. The van der Waals surface area contributed by atoms with Crippen LogP contribution in [0.4, 0.5) is 0 Å². The van der Waals surface area contributed by atoms with Crippen LogP contribution in [0, 0.1) is 5.41 Å². The van der Waals surface area contributed by atoms with Crippen LogP contribution >= 0.6 is 0 Å². The van der Waals surface area contributed by atoms with Gasteiger partial charge in [-0.05, 0) is 31.1 Å². The summed E-state index contributed by atoms with van der Waals surface area (Å²) in [5, 5.41) is 3.71. The Kier molecular flexibility index (Phi) is 5.08. The highest BCUT2D eigenvalue weighted by Gasteiger charge is 2.33. The van der Waals surface area contributed by atoms with Crippen molar-refractivity contribution in [1.29, 1.82) is 0 Å². The van der Waals surface area contributed by atoms with E-state index in [-0.39, 0.29) is 0 Å². The van der Waals surface area contributed by atoms with Crippen molar-refractivity contribution in [3.05, 3.63) is 0 Å². The second-order valence-electron chi connectivity index (χ2n) is 6.88. The normalized spacial score (nSPS) is 33.5. The number of nitrogens with zero attached hydrogens (tertiary/aromatic N) is 1. The van der Waals surface area contributed by atoms with Gasteiger partial charge in [0.2, 0.25) is 0 Å². The van der Waals surface area contributed by atoms with Crippen molar-refractivity contribution in [2.24, 2.45) is 5.41 Å². The van der Waals surface area contributed by atoms with Crippen molar-refractivity contribution in [2.45, 2.75) is 77.8 Å². The molecule has 0 aromatic carbocycles. The third-order valence-corrected chi connectivity index (χ3v) is 5.22. The molecule has 1 saturated carbocycles. The van der Waals surface area contributed by atoms with Crippen LogP contribution in [0.2, 0.25) is 0 Å².